The third kappa shape index (κ3) is 2.10. The summed E-state index contributed by atoms with van der Waals surface area (Å²) in [6.07, 6.45) is 3.17. The maximum atomic E-state index is 14.0. The first-order valence-electron chi connectivity index (χ1n) is 6.35. The Kier molecular flexibility index (Phi) is 3.19. The molecule has 0 bridgehead atoms. The van der Waals surface area contributed by atoms with Crippen molar-refractivity contribution in [3.8, 4) is 16.9 Å². The van der Waals surface area contributed by atoms with Crippen LogP contribution in [0.2, 0.25) is 5.02 Å². The molecule has 0 N–H and O–H groups in total. The van der Waals surface area contributed by atoms with Crippen LogP contribution in [0.3, 0.4) is 0 Å². The van der Waals surface area contributed by atoms with Crippen LogP contribution >= 0.6 is 11.6 Å². The summed E-state index contributed by atoms with van der Waals surface area (Å²) in [6, 6.07) is 8.68. The molecule has 3 heteroatoms. The molecule has 19 heavy (non-hydrogen) atoms. The van der Waals surface area contributed by atoms with Crippen molar-refractivity contribution < 1.29 is 9.13 Å². The molecule has 0 radical (unpaired) electrons. The number of fused-ring (bicyclic) bond motifs is 1. The second-order valence-electron chi connectivity index (χ2n) is 4.76. The van der Waals surface area contributed by atoms with E-state index in [9.17, 15) is 4.39 Å². The van der Waals surface area contributed by atoms with E-state index in [1.165, 1.54) is 17.2 Å². The topological polar surface area (TPSA) is 9.23 Å². The standard InChI is InChI=1S/C16H14ClFO/c1-19-11-6-8-15(18)14(9-11)13-7-5-10-3-2-4-12(10)16(13)17/h5-9H,2-4H2,1H3. The third-order valence-corrected chi connectivity index (χ3v) is 4.11. The van der Waals surface area contributed by atoms with Crippen molar-refractivity contribution in [3.05, 3.63) is 52.3 Å². The van der Waals surface area contributed by atoms with Gasteiger partial charge >= 0.3 is 0 Å². The maximum absolute atomic E-state index is 14.0. The van der Waals surface area contributed by atoms with Gasteiger partial charge in [0, 0.05) is 11.1 Å². The summed E-state index contributed by atoms with van der Waals surface area (Å²) in [7, 11) is 1.57. The van der Waals surface area contributed by atoms with Gasteiger partial charge in [-0.1, -0.05) is 23.7 Å². The van der Waals surface area contributed by atoms with Gasteiger partial charge < -0.3 is 4.74 Å². The minimum Gasteiger partial charge on any atom is -0.497 e. The molecule has 2 aromatic carbocycles. The molecule has 1 aliphatic rings. The largest absolute Gasteiger partial charge is 0.497 e. The van der Waals surface area contributed by atoms with Gasteiger partial charge in [0.1, 0.15) is 11.6 Å². The molecule has 1 nitrogen and oxygen atoms in total. The zero-order chi connectivity index (χ0) is 13.4. The number of methoxy groups -OCH3 is 1. The molecule has 0 unspecified atom stereocenters. The van der Waals surface area contributed by atoms with Crippen molar-refractivity contribution in [3.63, 3.8) is 0 Å². The van der Waals surface area contributed by atoms with E-state index < -0.39 is 0 Å². The van der Waals surface area contributed by atoms with E-state index in [2.05, 4.69) is 6.07 Å². The van der Waals surface area contributed by atoms with Crippen molar-refractivity contribution in [2.24, 2.45) is 0 Å². The lowest BCUT2D eigenvalue weighted by atomic mass is 9.99. The van der Waals surface area contributed by atoms with Gasteiger partial charge in [-0.15, -0.1) is 0 Å². The predicted octanol–water partition coefficient (Wildman–Crippen LogP) is 4.64. The summed E-state index contributed by atoms with van der Waals surface area (Å²) >= 11 is 6.45. The first-order valence-corrected chi connectivity index (χ1v) is 6.72. The Morgan fingerprint density at radius 1 is 1.11 bits per heavy atom. The highest BCUT2D eigenvalue weighted by atomic mass is 35.5. The molecule has 0 spiro atoms. The molecule has 0 fully saturated rings. The fourth-order valence-electron chi connectivity index (χ4n) is 2.67. The van der Waals surface area contributed by atoms with E-state index in [-0.39, 0.29) is 5.82 Å². The zero-order valence-electron chi connectivity index (χ0n) is 10.7. The fraction of sp³-hybridized carbons (Fsp3) is 0.250. The SMILES string of the molecule is COc1ccc(F)c(-c2ccc3c(c2Cl)CCC3)c1. The minimum absolute atomic E-state index is 0.277. The zero-order valence-corrected chi connectivity index (χ0v) is 11.4. The van der Waals surface area contributed by atoms with Crippen molar-refractivity contribution >= 4 is 11.6 Å². The summed E-state index contributed by atoms with van der Waals surface area (Å²) in [5, 5.41) is 0.683. The molecule has 2 aromatic rings. The van der Waals surface area contributed by atoms with E-state index in [0.29, 0.717) is 16.3 Å². The molecule has 0 heterocycles. The van der Waals surface area contributed by atoms with Gasteiger partial charge in [0.2, 0.25) is 0 Å². The van der Waals surface area contributed by atoms with Gasteiger partial charge in [0.15, 0.2) is 0 Å². The van der Waals surface area contributed by atoms with Crippen LogP contribution < -0.4 is 4.74 Å². The third-order valence-electron chi connectivity index (χ3n) is 3.68. The summed E-state index contributed by atoms with van der Waals surface area (Å²) in [5.41, 5.74) is 3.70. The summed E-state index contributed by atoms with van der Waals surface area (Å²) in [6.45, 7) is 0. The number of ether oxygens (including phenoxy) is 1. The predicted molar refractivity (Wildman–Crippen MR) is 75.4 cm³/mol. The molecule has 1 aliphatic carbocycles. The summed E-state index contributed by atoms with van der Waals surface area (Å²) < 4.78 is 19.2. The molecule has 0 atom stereocenters. The smallest absolute Gasteiger partial charge is 0.131 e. The molecule has 0 saturated heterocycles. The highest BCUT2D eigenvalue weighted by Gasteiger charge is 2.19. The molecule has 0 aromatic heterocycles. The number of halogens is 2. The lowest BCUT2D eigenvalue weighted by Gasteiger charge is -2.11. The number of rotatable bonds is 2. The van der Waals surface area contributed by atoms with Crippen LogP contribution in [0.5, 0.6) is 5.75 Å². The van der Waals surface area contributed by atoms with E-state index >= 15 is 0 Å². The molecular formula is C16H14ClFO. The fourth-order valence-corrected chi connectivity index (χ4v) is 3.05. The minimum atomic E-state index is -0.277. The quantitative estimate of drug-likeness (QED) is 0.776. The average Bonchev–Trinajstić information content (AvgIpc) is 2.90. The van der Waals surface area contributed by atoms with Gasteiger partial charge in [-0.25, -0.2) is 4.39 Å². The van der Waals surface area contributed by atoms with Crippen LogP contribution in [0.1, 0.15) is 17.5 Å². The highest BCUT2D eigenvalue weighted by Crippen LogP contribution is 2.38. The van der Waals surface area contributed by atoms with Crippen LogP contribution in [-0.4, -0.2) is 7.11 Å². The Morgan fingerprint density at radius 2 is 1.95 bits per heavy atom. The molecule has 3 rings (SSSR count). The lowest BCUT2D eigenvalue weighted by molar-refractivity contribution is 0.414. The normalized spacial score (nSPS) is 13.4. The van der Waals surface area contributed by atoms with Gasteiger partial charge in [-0.2, -0.15) is 0 Å². The Labute approximate surface area is 117 Å². The number of benzene rings is 2. The molecule has 98 valence electrons. The Morgan fingerprint density at radius 3 is 2.74 bits per heavy atom. The number of hydrogen-bond acceptors (Lipinski definition) is 1. The first kappa shape index (κ1) is 12.5. The monoisotopic (exact) mass is 276 g/mol. The Bertz CT molecular complexity index is 637. The van der Waals surface area contributed by atoms with Crippen LogP contribution in [0.4, 0.5) is 4.39 Å². The molecule has 0 amide bonds. The summed E-state index contributed by atoms with van der Waals surface area (Å²) in [4.78, 5) is 0. The summed E-state index contributed by atoms with van der Waals surface area (Å²) in [5.74, 6) is 0.355. The van der Waals surface area contributed by atoms with Crippen LogP contribution in [-0.2, 0) is 12.8 Å². The second kappa shape index (κ2) is 4.86. The molecular weight excluding hydrogens is 263 g/mol. The van der Waals surface area contributed by atoms with Crippen molar-refractivity contribution in [2.45, 2.75) is 19.3 Å². The Hall–Kier alpha value is -1.54. The van der Waals surface area contributed by atoms with Gasteiger partial charge in [-0.3, -0.25) is 0 Å². The van der Waals surface area contributed by atoms with E-state index in [4.69, 9.17) is 16.3 Å². The van der Waals surface area contributed by atoms with E-state index in [1.54, 1.807) is 19.2 Å². The highest BCUT2D eigenvalue weighted by molar-refractivity contribution is 6.34. The van der Waals surface area contributed by atoms with E-state index in [0.717, 1.165) is 24.8 Å². The molecule has 0 saturated carbocycles. The molecule has 0 aliphatic heterocycles. The first-order chi connectivity index (χ1) is 9.20. The van der Waals surface area contributed by atoms with Crippen molar-refractivity contribution in [1.29, 1.82) is 0 Å². The average molecular weight is 277 g/mol. The maximum Gasteiger partial charge on any atom is 0.131 e. The van der Waals surface area contributed by atoms with Crippen LogP contribution in [0.25, 0.3) is 11.1 Å². The second-order valence-corrected chi connectivity index (χ2v) is 5.14. The van der Waals surface area contributed by atoms with Crippen molar-refractivity contribution in [2.75, 3.05) is 7.11 Å². The van der Waals surface area contributed by atoms with Crippen LogP contribution in [0.15, 0.2) is 30.3 Å². The number of aryl methyl sites for hydroxylation is 1. The van der Waals surface area contributed by atoms with Gasteiger partial charge in [0.25, 0.3) is 0 Å². The van der Waals surface area contributed by atoms with Gasteiger partial charge in [0.05, 0.1) is 12.1 Å². The van der Waals surface area contributed by atoms with Crippen molar-refractivity contribution in [1.82, 2.24) is 0 Å². The van der Waals surface area contributed by atoms with E-state index in [1.807, 2.05) is 6.07 Å². The Balaban J connectivity index is 2.17. The lowest BCUT2D eigenvalue weighted by Crippen LogP contribution is -1.92. The van der Waals surface area contributed by atoms with Crippen LogP contribution in [0, 0.1) is 5.82 Å². The van der Waals surface area contributed by atoms with Gasteiger partial charge in [-0.05, 0) is 48.6 Å². The number of hydrogen-bond donors (Lipinski definition) is 0.